The summed E-state index contributed by atoms with van der Waals surface area (Å²) in [7, 11) is 0. The predicted octanol–water partition coefficient (Wildman–Crippen LogP) is 2.77. The normalized spacial score (nSPS) is 22.4. The fourth-order valence-electron chi connectivity index (χ4n) is 3.39. The molecule has 1 unspecified atom stereocenters. The zero-order valence-electron chi connectivity index (χ0n) is 13.7. The number of nitro benzene ring substituents is 1. The number of benzene rings is 1. The van der Waals surface area contributed by atoms with Gasteiger partial charge in [0.05, 0.1) is 11.5 Å². The van der Waals surface area contributed by atoms with Gasteiger partial charge >= 0.3 is 6.18 Å². The lowest BCUT2D eigenvalue weighted by Gasteiger charge is -2.37. The molecule has 2 aliphatic heterocycles. The van der Waals surface area contributed by atoms with Gasteiger partial charge in [-0.25, -0.2) is 0 Å². The number of anilines is 1. The van der Waals surface area contributed by atoms with Crippen molar-refractivity contribution in [2.24, 2.45) is 5.92 Å². The van der Waals surface area contributed by atoms with Crippen LogP contribution in [0, 0.1) is 16.0 Å². The van der Waals surface area contributed by atoms with E-state index >= 15 is 0 Å². The molecular weight excluding hydrogens is 339 g/mol. The summed E-state index contributed by atoms with van der Waals surface area (Å²) < 4.78 is 44.7. The highest BCUT2D eigenvalue weighted by atomic mass is 19.4. The topological polar surface area (TPSA) is 58.9 Å². The van der Waals surface area contributed by atoms with E-state index in [-0.39, 0.29) is 0 Å². The first kappa shape index (κ1) is 17.9. The van der Waals surface area contributed by atoms with Crippen molar-refractivity contribution in [2.75, 3.05) is 50.8 Å². The molecule has 1 aromatic carbocycles. The van der Waals surface area contributed by atoms with Crippen LogP contribution in [0.5, 0.6) is 0 Å². The lowest BCUT2D eigenvalue weighted by atomic mass is 10.1. The minimum Gasteiger partial charge on any atom is -0.381 e. The van der Waals surface area contributed by atoms with Gasteiger partial charge in [-0.1, -0.05) is 0 Å². The zero-order valence-corrected chi connectivity index (χ0v) is 13.7. The van der Waals surface area contributed by atoms with E-state index in [0.29, 0.717) is 24.7 Å². The molecule has 3 rings (SSSR count). The molecule has 0 N–H and O–H groups in total. The predicted molar refractivity (Wildman–Crippen MR) is 85.7 cm³/mol. The van der Waals surface area contributed by atoms with Crippen LogP contribution in [-0.4, -0.2) is 55.8 Å². The molecule has 2 heterocycles. The second kappa shape index (κ2) is 7.17. The molecule has 2 aliphatic rings. The quantitative estimate of drug-likeness (QED) is 0.611. The molecular formula is C16H20F3N3O3. The summed E-state index contributed by atoms with van der Waals surface area (Å²) in [6, 6.07) is 3.23. The Morgan fingerprint density at radius 1 is 1.24 bits per heavy atom. The monoisotopic (exact) mass is 359 g/mol. The number of nitrogens with zero attached hydrogens (tertiary/aromatic N) is 3. The van der Waals surface area contributed by atoms with Crippen LogP contribution in [0.2, 0.25) is 0 Å². The number of piperazine rings is 1. The van der Waals surface area contributed by atoms with Crippen LogP contribution in [0.15, 0.2) is 18.2 Å². The maximum Gasteiger partial charge on any atom is 0.423 e. The highest BCUT2D eigenvalue weighted by Crippen LogP contribution is 2.38. The van der Waals surface area contributed by atoms with Crippen molar-refractivity contribution in [3.63, 3.8) is 0 Å². The molecule has 138 valence electrons. The number of rotatable bonds is 4. The maximum absolute atomic E-state index is 13.1. The molecule has 1 aromatic rings. The third-order valence-electron chi connectivity index (χ3n) is 4.76. The Balaban J connectivity index is 1.67. The summed E-state index contributed by atoms with van der Waals surface area (Å²) >= 11 is 0. The minimum atomic E-state index is -4.75. The van der Waals surface area contributed by atoms with Gasteiger partial charge in [-0.15, -0.1) is 0 Å². The van der Waals surface area contributed by atoms with Crippen molar-refractivity contribution in [3.05, 3.63) is 33.9 Å². The largest absolute Gasteiger partial charge is 0.423 e. The fraction of sp³-hybridized carbons (Fsp3) is 0.625. The van der Waals surface area contributed by atoms with Gasteiger partial charge in [0.15, 0.2) is 0 Å². The van der Waals surface area contributed by atoms with Gasteiger partial charge in [-0.2, -0.15) is 13.2 Å². The van der Waals surface area contributed by atoms with Crippen molar-refractivity contribution >= 4 is 11.4 Å². The maximum atomic E-state index is 13.1. The summed E-state index contributed by atoms with van der Waals surface area (Å²) in [5.41, 5.74) is -1.72. The average Bonchev–Trinajstić information content (AvgIpc) is 3.07. The van der Waals surface area contributed by atoms with Gasteiger partial charge < -0.3 is 9.64 Å². The Morgan fingerprint density at radius 3 is 2.52 bits per heavy atom. The second-order valence-electron chi connectivity index (χ2n) is 6.47. The van der Waals surface area contributed by atoms with E-state index in [0.717, 1.165) is 51.4 Å². The molecule has 25 heavy (non-hydrogen) atoms. The van der Waals surface area contributed by atoms with Gasteiger partial charge in [-0.05, 0) is 24.5 Å². The Kier molecular flexibility index (Phi) is 5.14. The minimum absolute atomic E-state index is 0.377. The number of alkyl halides is 3. The average molecular weight is 359 g/mol. The summed E-state index contributed by atoms with van der Waals surface area (Å²) in [5, 5.41) is 10.8. The number of nitro groups is 1. The molecule has 0 amide bonds. The molecule has 0 saturated carbocycles. The SMILES string of the molecule is O=[N+]([O-])c1ccc(N2CCN(CC3CCOC3)CC2)cc1C(F)(F)F. The molecule has 1 atom stereocenters. The summed E-state index contributed by atoms with van der Waals surface area (Å²) in [4.78, 5) is 14.0. The third kappa shape index (κ3) is 4.21. The molecule has 0 aliphatic carbocycles. The van der Waals surface area contributed by atoms with Gasteiger partial charge in [0.2, 0.25) is 0 Å². The zero-order chi connectivity index (χ0) is 18.0. The van der Waals surface area contributed by atoms with E-state index in [4.69, 9.17) is 4.74 Å². The Morgan fingerprint density at radius 2 is 1.96 bits per heavy atom. The molecule has 9 heteroatoms. The van der Waals surface area contributed by atoms with Crippen LogP contribution in [-0.2, 0) is 10.9 Å². The van der Waals surface area contributed by atoms with Crippen LogP contribution >= 0.6 is 0 Å². The van der Waals surface area contributed by atoms with Crippen LogP contribution in [0.25, 0.3) is 0 Å². The molecule has 2 fully saturated rings. The Labute approximate surface area is 143 Å². The summed E-state index contributed by atoms with van der Waals surface area (Å²) in [5.74, 6) is 0.530. The summed E-state index contributed by atoms with van der Waals surface area (Å²) in [6.07, 6.45) is -3.69. The first-order chi connectivity index (χ1) is 11.8. The standard InChI is InChI=1S/C16H20F3N3O3/c17-16(18,19)14-9-13(1-2-15(14)22(23)24)21-6-4-20(5-7-21)10-12-3-8-25-11-12/h1-2,9,12H,3-8,10-11H2. The highest BCUT2D eigenvalue weighted by Gasteiger charge is 2.39. The van der Waals surface area contributed by atoms with Crippen molar-refractivity contribution in [3.8, 4) is 0 Å². The number of halogens is 3. The molecule has 0 spiro atoms. The summed E-state index contributed by atoms with van der Waals surface area (Å²) in [6.45, 7) is 5.24. The first-order valence-corrected chi connectivity index (χ1v) is 8.25. The molecule has 6 nitrogen and oxygen atoms in total. The number of hydrogen-bond acceptors (Lipinski definition) is 5. The molecule has 0 bridgehead atoms. The van der Waals surface area contributed by atoms with Gasteiger partial charge in [0, 0.05) is 51.1 Å². The van der Waals surface area contributed by atoms with Crippen molar-refractivity contribution < 1.29 is 22.8 Å². The van der Waals surface area contributed by atoms with Crippen molar-refractivity contribution in [2.45, 2.75) is 12.6 Å². The van der Waals surface area contributed by atoms with Crippen molar-refractivity contribution in [1.29, 1.82) is 0 Å². The van der Waals surface area contributed by atoms with E-state index in [1.54, 1.807) is 0 Å². The van der Waals surface area contributed by atoms with Gasteiger partial charge in [-0.3, -0.25) is 15.0 Å². The lowest BCUT2D eigenvalue weighted by Crippen LogP contribution is -2.48. The third-order valence-corrected chi connectivity index (χ3v) is 4.76. The Bertz CT molecular complexity index is 625. The molecule has 0 aromatic heterocycles. The van der Waals surface area contributed by atoms with E-state index in [9.17, 15) is 23.3 Å². The van der Waals surface area contributed by atoms with Crippen LogP contribution in [0.3, 0.4) is 0 Å². The van der Waals surface area contributed by atoms with Crippen LogP contribution in [0.1, 0.15) is 12.0 Å². The van der Waals surface area contributed by atoms with E-state index < -0.39 is 22.4 Å². The van der Waals surface area contributed by atoms with Gasteiger partial charge in [0.1, 0.15) is 5.56 Å². The van der Waals surface area contributed by atoms with E-state index in [1.165, 1.54) is 6.07 Å². The molecule has 0 radical (unpaired) electrons. The highest BCUT2D eigenvalue weighted by molar-refractivity contribution is 5.57. The van der Waals surface area contributed by atoms with E-state index in [1.807, 2.05) is 4.90 Å². The van der Waals surface area contributed by atoms with Crippen molar-refractivity contribution in [1.82, 2.24) is 4.90 Å². The van der Waals surface area contributed by atoms with Gasteiger partial charge in [0.25, 0.3) is 5.69 Å². The van der Waals surface area contributed by atoms with Crippen LogP contribution < -0.4 is 4.90 Å². The van der Waals surface area contributed by atoms with E-state index in [2.05, 4.69) is 4.90 Å². The lowest BCUT2D eigenvalue weighted by molar-refractivity contribution is -0.388. The number of hydrogen-bond donors (Lipinski definition) is 0. The van der Waals surface area contributed by atoms with Crippen LogP contribution in [0.4, 0.5) is 24.5 Å². The number of ether oxygens (including phenoxy) is 1. The molecule has 2 saturated heterocycles. The Hall–Kier alpha value is -1.87. The second-order valence-corrected chi connectivity index (χ2v) is 6.47. The first-order valence-electron chi connectivity index (χ1n) is 8.25. The smallest absolute Gasteiger partial charge is 0.381 e. The fourth-order valence-corrected chi connectivity index (χ4v) is 3.39.